The number of primary amides is 1. The van der Waals surface area contributed by atoms with Gasteiger partial charge in [-0.15, -0.1) is 11.3 Å². The van der Waals surface area contributed by atoms with E-state index in [0.717, 1.165) is 12.4 Å². The number of thiophene rings is 1. The number of hydrogen-bond donors (Lipinski definition) is 2. The molecule has 0 spiro atoms. The molecule has 3 heterocycles. The van der Waals surface area contributed by atoms with Gasteiger partial charge >= 0.3 is 0 Å². The number of aromatic nitrogens is 2. The number of nitrogens with one attached hydrogen (secondary N) is 1. The Morgan fingerprint density at radius 1 is 1.50 bits per heavy atom. The minimum absolute atomic E-state index is 0.0907. The van der Waals surface area contributed by atoms with Crippen LogP contribution in [0.25, 0.3) is 0 Å². The number of nitrogens with two attached hydrogens (primary N) is 1. The van der Waals surface area contributed by atoms with E-state index in [2.05, 4.69) is 10.3 Å². The Bertz CT molecular complexity index is 708. The third-order valence-corrected chi connectivity index (χ3v) is 4.67. The van der Waals surface area contributed by atoms with Crippen molar-refractivity contribution in [1.82, 2.24) is 19.8 Å². The molecule has 1 aliphatic rings. The SMILES string of the molecule is Cn1ccnc1C1CNCCN1C(=O)c1cc(C(N)=O)cs1. The highest BCUT2D eigenvalue weighted by molar-refractivity contribution is 7.12. The third kappa shape index (κ3) is 2.62. The van der Waals surface area contributed by atoms with E-state index in [4.69, 9.17) is 5.73 Å². The first kappa shape index (κ1) is 14.7. The summed E-state index contributed by atoms with van der Waals surface area (Å²) in [6.45, 7) is 1.99. The van der Waals surface area contributed by atoms with E-state index in [-0.39, 0.29) is 11.9 Å². The van der Waals surface area contributed by atoms with Gasteiger partial charge in [-0.25, -0.2) is 4.98 Å². The topological polar surface area (TPSA) is 93.2 Å². The molecule has 116 valence electrons. The van der Waals surface area contributed by atoms with Crippen molar-refractivity contribution >= 4 is 23.2 Å². The highest BCUT2D eigenvalue weighted by Crippen LogP contribution is 2.25. The Morgan fingerprint density at radius 3 is 2.95 bits per heavy atom. The zero-order chi connectivity index (χ0) is 15.7. The van der Waals surface area contributed by atoms with Gasteiger partial charge in [0.25, 0.3) is 5.91 Å². The molecule has 8 heteroatoms. The van der Waals surface area contributed by atoms with Crippen LogP contribution >= 0.6 is 11.3 Å². The summed E-state index contributed by atoms with van der Waals surface area (Å²) in [5, 5.41) is 4.91. The molecule has 1 fully saturated rings. The Hall–Kier alpha value is -2.19. The third-order valence-electron chi connectivity index (χ3n) is 3.76. The number of amides is 2. The Balaban J connectivity index is 1.88. The van der Waals surface area contributed by atoms with E-state index in [1.807, 2.05) is 17.8 Å². The zero-order valence-corrected chi connectivity index (χ0v) is 13.0. The highest BCUT2D eigenvalue weighted by atomic mass is 32.1. The lowest BCUT2D eigenvalue weighted by Crippen LogP contribution is -2.49. The van der Waals surface area contributed by atoms with E-state index >= 15 is 0 Å². The van der Waals surface area contributed by atoms with Gasteiger partial charge in [-0.05, 0) is 6.07 Å². The number of carbonyl (C=O) groups excluding carboxylic acids is 2. The predicted molar refractivity (Wildman–Crippen MR) is 82.7 cm³/mol. The van der Waals surface area contributed by atoms with Crippen LogP contribution in [-0.2, 0) is 7.05 Å². The summed E-state index contributed by atoms with van der Waals surface area (Å²) in [5.41, 5.74) is 5.62. The number of hydrogen-bond acceptors (Lipinski definition) is 5. The van der Waals surface area contributed by atoms with Crippen LogP contribution in [0.2, 0.25) is 0 Å². The van der Waals surface area contributed by atoms with Crippen LogP contribution in [0.5, 0.6) is 0 Å². The van der Waals surface area contributed by atoms with Crippen molar-refractivity contribution in [2.24, 2.45) is 12.8 Å². The average molecular weight is 319 g/mol. The van der Waals surface area contributed by atoms with Crippen molar-refractivity contribution in [3.8, 4) is 0 Å². The number of nitrogens with zero attached hydrogens (tertiary/aromatic N) is 3. The fraction of sp³-hybridized carbons (Fsp3) is 0.357. The summed E-state index contributed by atoms with van der Waals surface area (Å²) in [6.07, 6.45) is 3.59. The fourth-order valence-electron chi connectivity index (χ4n) is 2.60. The normalized spacial score (nSPS) is 18.4. The monoisotopic (exact) mass is 319 g/mol. The molecule has 0 bridgehead atoms. The maximum Gasteiger partial charge on any atom is 0.264 e. The van der Waals surface area contributed by atoms with Crippen LogP contribution in [0.3, 0.4) is 0 Å². The second-order valence-corrected chi connectivity index (χ2v) is 6.09. The molecule has 0 aliphatic carbocycles. The van der Waals surface area contributed by atoms with Gasteiger partial charge in [0.1, 0.15) is 11.9 Å². The summed E-state index contributed by atoms with van der Waals surface area (Å²) in [5.74, 6) is 0.232. The van der Waals surface area contributed by atoms with Crippen LogP contribution in [0.4, 0.5) is 0 Å². The number of aryl methyl sites for hydroxylation is 1. The first-order valence-corrected chi connectivity index (χ1v) is 7.83. The molecule has 0 radical (unpaired) electrons. The lowest BCUT2D eigenvalue weighted by Gasteiger charge is -2.35. The standard InChI is InChI=1S/C14H17N5O2S/c1-18-4-3-17-13(18)10-7-16-2-5-19(10)14(21)11-6-9(8-22-11)12(15)20/h3-4,6,8,10,16H,2,5,7H2,1H3,(H2,15,20). The van der Waals surface area contributed by atoms with Gasteiger partial charge in [0, 0.05) is 44.5 Å². The smallest absolute Gasteiger partial charge is 0.264 e. The van der Waals surface area contributed by atoms with Gasteiger partial charge in [-0.3, -0.25) is 9.59 Å². The molecule has 1 aliphatic heterocycles. The number of piperazine rings is 1. The molecule has 7 nitrogen and oxygen atoms in total. The Labute approximate surface area is 131 Å². The van der Waals surface area contributed by atoms with Gasteiger partial charge in [-0.1, -0.05) is 0 Å². The molecule has 22 heavy (non-hydrogen) atoms. The molecule has 0 saturated carbocycles. The van der Waals surface area contributed by atoms with E-state index < -0.39 is 5.91 Å². The van der Waals surface area contributed by atoms with Gasteiger partial charge < -0.3 is 20.5 Å². The lowest BCUT2D eigenvalue weighted by molar-refractivity contribution is 0.0626. The molecule has 1 unspecified atom stereocenters. The van der Waals surface area contributed by atoms with Crippen molar-refractivity contribution in [2.45, 2.75) is 6.04 Å². The lowest BCUT2D eigenvalue weighted by atomic mass is 10.1. The largest absolute Gasteiger partial charge is 0.366 e. The molecule has 1 atom stereocenters. The molecule has 2 aromatic heterocycles. The second-order valence-electron chi connectivity index (χ2n) is 5.18. The second kappa shape index (κ2) is 5.90. The quantitative estimate of drug-likeness (QED) is 0.854. The van der Waals surface area contributed by atoms with E-state index in [0.29, 0.717) is 23.5 Å². The summed E-state index contributed by atoms with van der Waals surface area (Å²) >= 11 is 1.24. The van der Waals surface area contributed by atoms with Gasteiger partial charge in [0.15, 0.2) is 0 Å². The maximum atomic E-state index is 12.8. The van der Waals surface area contributed by atoms with Crippen LogP contribution in [0.15, 0.2) is 23.8 Å². The molecule has 3 N–H and O–H groups in total. The first-order valence-electron chi connectivity index (χ1n) is 6.95. The Morgan fingerprint density at radius 2 is 2.32 bits per heavy atom. The summed E-state index contributed by atoms with van der Waals surface area (Å²) in [4.78, 5) is 30.6. The summed E-state index contributed by atoms with van der Waals surface area (Å²) in [7, 11) is 1.91. The van der Waals surface area contributed by atoms with Gasteiger partial charge in [0.05, 0.1) is 10.4 Å². The van der Waals surface area contributed by atoms with E-state index in [9.17, 15) is 9.59 Å². The van der Waals surface area contributed by atoms with Gasteiger partial charge in [-0.2, -0.15) is 0 Å². The minimum atomic E-state index is -0.517. The number of imidazole rings is 1. The van der Waals surface area contributed by atoms with Crippen molar-refractivity contribution < 1.29 is 9.59 Å². The summed E-state index contributed by atoms with van der Waals surface area (Å²) < 4.78 is 1.92. The van der Waals surface area contributed by atoms with Crippen LogP contribution < -0.4 is 11.1 Å². The zero-order valence-electron chi connectivity index (χ0n) is 12.2. The average Bonchev–Trinajstić information content (AvgIpc) is 3.15. The van der Waals surface area contributed by atoms with Crippen molar-refractivity contribution in [2.75, 3.05) is 19.6 Å². The number of carbonyl (C=O) groups is 2. The van der Waals surface area contributed by atoms with Crippen molar-refractivity contribution in [3.05, 3.63) is 40.1 Å². The van der Waals surface area contributed by atoms with E-state index in [1.165, 1.54) is 11.3 Å². The fourth-order valence-corrected chi connectivity index (χ4v) is 3.45. The predicted octanol–water partition coefficient (Wildman–Crippen LogP) is 0.367. The molecule has 2 amide bonds. The van der Waals surface area contributed by atoms with Crippen molar-refractivity contribution in [3.63, 3.8) is 0 Å². The minimum Gasteiger partial charge on any atom is -0.366 e. The first-order chi connectivity index (χ1) is 10.6. The van der Waals surface area contributed by atoms with Crippen LogP contribution in [-0.4, -0.2) is 45.9 Å². The van der Waals surface area contributed by atoms with E-state index in [1.54, 1.807) is 22.5 Å². The van der Waals surface area contributed by atoms with Gasteiger partial charge in [0.2, 0.25) is 5.91 Å². The van der Waals surface area contributed by atoms with Crippen LogP contribution in [0.1, 0.15) is 31.9 Å². The maximum absolute atomic E-state index is 12.8. The molecule has 2 aromatic rings. The molecule has 3 rings (SSSR count). The molecule has 0 aromatic carbocycles. The van der Waals surface area contributed by atoms with Crippen LogP contribution in [0, 0.1) is 0 Å². The molecular formula is C14H17N5O2S. The summed E-state index contributed by atoms with van der Waals surface area (Å²) in [6, 6.07) is 1.44. The molecular weight excluding hydrogens is 302 g/mol. The van der Waals surface area contributed by atoms with Crippen molar-refractivity contribution in [1.29, 1.82) is 0 Å². The highest BCUT2D eigenvalue weighted by Gasteiger charge is 2.31. The molecule has 1 saturated heterocycles. The Kier molecular flexibility index (Phi) is 3.95. The number of rotatable bonds is 3.